The van der Waals surface area contributed by atoms with E-state index >= 15 is 0 Å². The highest BCUT2D eigenvalue weighted by molar-refractivity contribution is 7.11. The van der Waals surface area contributed by atoms with Crippen LogP contribution in [0.5, 0.6) is 0 Å². The number of pyridine rings is 1. The third-order valence-corrected chi connectivity index (χ3v) is 3.02. The molecule has 0 saturated carbocycles. The maximum atomic E-state index is 11.4. The van der Waals surface area contributed by atoms with Gasteiger partial charge in [0.1, 0.15) is 0 Å². The number of carbonyl (C=O) groups is 1. The Hall–Kier alpha value is -1.02. The summed E-state index contributed by atoms with van der Waals surface area (Å²) in [4.78, 5) is 22.5. The molecule has 84 valence electrons. The van der Waals surface area contributed by atoms with Gasteiger partial charge in [-0.3, -0.25) is 4.79 Å². The number of hydrogen-bond donors (Lipinski definition) is 0. The first-order valence-electron chi connectivity index (χ1n) is 4.35. The van der Waals surface area contributed by atoms with Gasteiger partial charge in [0.05, 0.1) is 19.4 Å². The Morgan fingerprint density at radius 3 is 2.50 bits per heavy atom. The second-order valence-electron chi connectivity index (χ2n) is 3.02. The van der Waals surface area contributed by atoms with Crippen molar-refractivity contribution in [1.29, 1.82) is 0 Å². The van der Waals surface area contributed by atoms with Gasteiger partial charge >= 0.3 is 10.7 Å². The third-order valence-electron chi connectivity index (χ3n) is 2.08. The van der Waals surface area contributed by atoms with E-state index in [1.54, 1.807) is 24.0 Å². The summed E-state index contributed by atoms with van der Waals surface area (Å²) in [6.45, 7) is 0. The van der Waals surface area contributed by atoms with Crippen molar-refractivity contribution in [2.75, 3.05) is 0 Å². The van der Waals surface area contributed by atoms with Crippen LogP contribution in [0.25, 0.3) is 5.82 Å². The normalized spacial score (nSPS) is 9.56. The van der Waals surface area contributed by atoms with Crippen LogP contribution in [0.3, 0.4) is 0 Å². The van der Waals surface area contributed by atoms with E-state index < -0.39 is 0 Å². The topological polar surface area (TPSA) is 43.0 Å². The molecule has 0 aliphatic carbocycles. The summed E-state index contributed by atoms with van der Waals surface area (Å²) in [6, 6.07) is 5.56. The van der Waals surface area contributed by atoms with Crippen LogP contribution in [0.2, 0.25) is 0 Å². The number of rotatable bonds is 2. The fourth-order valence-corrected chi connectivity index (χ4v) is 2.17. The SMILES string of the molecule is Cn1c(-[n+]2ccccc2)c(C=O)sc1=O.[I-]. The lowest BCUT2D eigenvalue weighted by Crippen LogP contribution is -3.00. The quantitative estimate of drug-likeness (QED) is 0.343. The lowest BCUT2D eigenvalue weighted by molar-refractivity contribution is -0.601. The van der Waals surface area contributed by atoms with Crippen molar-refractivity contribution in [3.05, 3.63) is 45.1 Å². The predicted molar refractivity (Wildman–Crippen MR) is 56.5 cm³/mol. The van der Waals surface area contributed by atoms with Crippen LogP contribution < -0.4 is 33.4 Å². The Bertz CT molecular complexity index is 548. The summed E-state index contributed by atoms with van der Waals surface area (Å²) in [5.74, 6) is 0.612. The molecule has 2 rings (SSSR count). The van der Waals surface area contributed by atoms with Gasteiger partial charge in [-0.15, -0.1) is 0 Å². The van der Waals surface area contributed by atoms with Crippen LogP contribution in [-0.2, 0) is 7.05 Å². The molecule has 0 radical (unpaired) electrons. The van der Waals surface area contributed by atoms with Crippen LogP contribution >= 0.6 is 11.3 Å². The number of halogens is 1. The van der Waals surface area contributed by atoms with E-state index in [4.69, 9.17) is 0 Å². The van der Waals surface area contributed by atoms with Crippen molar-refractivity contribution in [1.82, 2.24) is 4.57 Å². The minimum Gasteiger partial charge on any atom is -1.00 e. The van der Waals surface area contributed by atoms with Crippen molar-refractivity contribution in [2.24, 2.45) is 7.05 Å². The third kappa shape index (κ3) is 2.22. The zero-order chi connectivity index (χ0) is 10.8. The van der Waals surface area contributed by atoms with Gasteiger partial charge in [0, 0.05) is 0 Å². The molecule has 0 amide bonds. The van der Waals surface area contributed by atoms with Gasteiger partial charge in [-0.1, -0.05) is 6.07 Å². The lowest BCUT2D eigenvalue weighted by atomic mass is 10.4. The highest BCUT2D eigenvalue weighted by Gasteiger charge is 2.20. The molecule has 0 unspecified atom stereocenters. The molecule has 0 saturated heterocycles. The molecule has 0 atom stereocenters. The van der Waals surface area contributed by atoms with Gasteiger partial charge in [-0.05, 0) is 23.5 Å². The molecule has 4 nitrogen and oxygen atoms in total. The van der Waals surface area contributed by atoms with Crippen molar-refractivity contribution < 1.29 is 33.3 Å². The van der Waals surface area contributed by atoms with Crippen LogP contribution in [0.4, 0.5) is 0 Å². The van der Waals surface area contributed by atoms with Gasteiger partial charge < -0.3 is 24.0 Å². The minimum absolute atomic E-state index is 0. The molecule has 6 heteroatoms. The second kappa shape index (κ2) is 5.35. The molecule has 0 aliphatic heterocycles. The summed E-state index contributed by atoms with van der Waals surface area (Å²) in [5, 5.41) is 0. The van der Waals surface area contributed by atoms with E-state index in [1.165, 1.54) is 4.57 Å². The average molecular weight is 348 g/mol. The number of aldehydes is 1. The molecule has 0 aliphatic rings. The van der Waals surface area contributed by atoms with E-state index in [0.717, 1.165) is 11.3 Å². The molecule has 2 aromatic rings. The number of hydrogen-bond acceptors (Lipinski definition) is 3. The largest absolute Gasteiger partial charge is 1.00 e. The van der Waals surface area contributed by atoms with Crippen LogP contribution in [-0.4, -0.2) is 10.9 Å². The van der Waals surface area contributed by atoms with Crippen molar-refractivity contribution in [2.45, 2.75) is 0 Å². The van der Waals surface area contributed by atoms with Crippen molar-refractivity contribution >= 4 is 17.6 Å². The summed E-state index contributed by atoms with van der Waals surface area (Å²) in [6.07, 6.45) is 4.31. The minimum atomic E-state index is -0.136. The zero-order valence-electron chi connectivity index (χ0n) is 8.46. The van der Waals surface area contributed by atoms with Crippen molar-refractivity contribution in [3.63, 3.8) is 0 Å². The highest BCUT2D eigenvalue weighted by atomic mass is 127. The van der Waals surface area contributed by atoms with Gasteiger partial charge in [-0.2, -0.15) is 4.57 Å². The summed E-state index contributed by atoms with van der Waals surface area (Å²) in [5.41, 5.74) is 0. The first kappa shape index (κ1) is 13.0. The van der Waals surface area contributed by atoms with E-state index in [2.05, 4.69) is 0 Å². The Labute approximate surface area is 113 Å². The summed E-state index contributed by atoms with van der Waals surface area (Å²) in [7, 11) is 1.65. The molecular weight excluding hydrogens is 339 g/mol. The Kier molecular flexibility index (Phi) is 4.36. The fourth-order valence-electron chi connectivity index (χ4n) is 1.38. The van der Waals surface area contributed by atoms with Gasteiger partial charge in [0.2, 0.25) is 0 Å². The number of thiazole rings is 1. The molecule has 0 bridgehead atoms. The van der Waals surface area contributed by atoms with Crippen molar-refractivity contribution in [3.8, 4) is 5.82 Å². The van der Waals surface area contributed by atoms with E-state index in [9.17, 15) is 9.59 Å². The van der Waals surface area contributed by atoms with Crippen LogP contribution in [0.1, 0.15) is 9.67 Å². The Morgan fingerprint density at radius 1 is 1.31 bits per heavy atom. The number of carbonyl (C=O) groups excluding carboxylic acids is 1. The molecule has 0 spiro atoms. The lowest BCUT2D eigenvalue weighted by Gasteiger charge is -1.96. The number of aromatic nitrogens is 2. The molecular formula is C10H9IN2O2S. The Balaban J connectivity index is 0.00000128. The van der Waals surface area contributed by atoms with E-state index in [0.29, 0.717) is 17.0 Å². The predicted octanol–water partition coefficient (Wildman–Crippen LogP) is -2.46. The van der Waals surface area contributed by atoms with E-state index in [-0.39, 0.29) is 28.8 Å². The first-order valence-corrected chi connectivity index (χ1v) is 5.17. The van der Waals surface area contributed by atoms with Gasteiger partial charge in [0.15, 0.2) is 11.2 Å². The summed E-state index contributed by atoms with van der Waals surface area (Å²) < 4.78 is 3.22. The molecule has 2 aromatic heterocycles. The molecule has 16 heavy (non-hydrogen) atoms. The maximum absolute atomic E-state index is 11.4. The fraction of sp³-hybridized carbons (Fsp3) is 0.100. The monoisotopic (exact) mass is 348 g/mol. The van der Waals surface area contributed by atoms with Gasteiger partial charge in [0.25, 0.3) is 0 Å². The second-order valence-corrected chi connectivity index (χ2v) is 4.01. The average Bonchev–Trinajstić information content (AvgIpc) is 2.56. The van der Waals surface area contributed by atoms with Gasteiger partial charge in [-0.25, -0.2) is 9.36 Å². The van der Waals surface area contributed by atoms with Crippen LogP contribution in [0.15, 0.2) is 35.4 Å². The van der Waals surface area contributed by atoms with E-state index in [1.807, 2.05) is 18.2 Å². The molecule has 0 aromatic carbocycles. The first-order chi connectivity index (χ1) is 7.24. The molecule has 2 heterocycles. The number of nitrogens with zero attached hydrogens (tertiary/aromatic N) is 2. The zero-order valence-corrected chi connectivity index (χ0v) is 11.4. The Morgan fingerprint density at radius 2 is 1.94 bits per heavy atom. The van der Waals surface area contributed by atoms with Crippen LogP contribution in [0, 0.1) is 0 Å². The maximum Gasteiger partial charge on any atom is 0.392 e. The molecule has 0 N–H and O–H groups in total. The molecule has 0 fully saturated rings. The standard InChI is InChI=1S/C10H9N2O2S.HI/c1-11-9(8(7-13)15-10(11)14)12-5-3-2-4-6-12;/h2-7H,1H3;1H/q+1;/p-1. The summed E-state index contributed by atoms with van der Waals surface area (Å²) >= 11 is 0.954. The highest BCUT2D eigenvalue weighted by Crippen LogP contribution is 2.07. The smallest absolute Gasteiger partial charge is 0.392 e.